The highest BCUT2D eigenvalue weighted by Crippen LogP contribution is 2.25. The van der Waals surface area contributed by atoms with E-state index in [0.29, 0.717) is 24.0 Å². The van der Waals surface area contributed by atoms with Gasteiger partial charge in [0.05, 0.1) is 13.3 Å². The number of anilines is 1. The number of halogens is 1. The van der Waals surface area contributed by atoms with Crippen LogP contribution in [-0.2, 0) is 0 Å². The van der Waals surface area contributed by atoms with Crippen molar-refractivity contribution in [3.05, 3.63) is 36.3 Å². The second kappa shape index (κ2) is 5.99. The van der Waals surface area contributed by atoms with E-state index in [0.717, 1.165) is 6.20 Å². The summed E-state index contributed by atoms with van der Waals surface area (Å²) in [6, 6.07) is 6.86. The third-order valence-corrected chi connectivity index (χ3v) is 2.30. The van der Waals surface area contributed by atoms with Gasteiger partial charge in [0.2, 0.25) is 11.8 Å². The van der Waals surface area contributed by atoms with Crippen LogP contribution >= 0.6 is 0 Å². The van der Waals surface area contributed by atoms with E-state index < -0.39 is 5.82 Å². The maximum absolute atomic E-state index is 13.6. The van der Waals surface area contributed by atoms with Gasteiger partial charge in [0, 0.05) is 12.6 Å². The predicted molar refractivity (Wildman–Crippen MR) is 69.2 cm³/mol. The van der Waals surface area contributed by atoms with Crippen molar-refractivity contribution in [3.63, 3.8) is 0 Å². The summed E-state index contributed by atoms with van der Waals surface area (Å²) in [5.41, 5.74) is 0. The standard InChI is InChI=1S/C13H14FN3O2/c1-3-15-13-16-8-11(14)12(17-13)19-10-6-4-5-9(7-10)18-2/h4-8H,3H2,1-2H3,(H,15,16,17). The van der Waals surface area contributed by atoms with E-state index >= 15 is 0 Å². The van der Waals surface area contributed by atoms with E-state index in [4.69, 9.17) is 9.47 Å². The van der Waals surface area contributed by atoms with Gasteiger partial charge in [-0.3, -0.25) is 0 Å². The summed E-state index contributed by atoms with van der Waals surface area (Å²) in [6.45, 7) is 2.54. The van der Waals surface area contributed by atoms with Crippen LogP contribution < -0.4 is 14.8 Å². The van der Waals surface area contributed by atoms with Crippen LogP contribution in [0.2, 0.25) is 0 Å². The van der Waals surface area contributed by atoms with Gasteiger partial charge in [0.15, 0.2) is 0 Å². The predicted octanol–water partition coefficient (Wildman–Crippen LogP) is 2.85. The van der Waals surface area contributed by atoms with E-state index in [-0.39, 0.29) is 5.88 Å². The molecule has 1 aromatic heterocycles. The van der Waals surface area contributed by atoms with Crippen molar-refractivity contribution >= 4 is 5.95 Å². The number of benzene rings is 1. The molecule has 0 bridgehead atoms. The number of aromatic nitrogens is 2. The normalized spacial score (nSPS) is 10.1. The van der Waals surface area contributed by atoms with Crippen molar-refractivity contribution in [2.45, 2.75) is 6.92 Å². The molecule has 1 N–H and O–H groups in total. The summed E-state index contributed by atoms with van der Waals surface area (Å²) in [7, 11) is 1.55. The van der Waals surface area contributed by atoms with Crippen molar-refractivity contribution in [2.24, 2.45) is 0 Å². The van der Waals surface area contributed by atoms with Gasteiger partial charge in [-0.1, -0.05) is 6.07 Å². The summed E-state index contributed by atoms with van der Waals surface area (Å²) in [5, 5.41) is 2.89. The zero-order valence-corrected chi connectivity index (χ0v) is 10.7. The van der Waals surface area contributed by atoms with Crippen LogP contribution in [0.15, 0.2) is 30.5 Å². The van der Waals surface area contributed by atoms with Crippen molar-refractivity contribution in [2.75, 3.05) is 19.0 Å². The van der Waals surface area contributed by atoms with Gasteiger partial charge in [-0.2, -0.15) is 9.37 Å². The molecule has 19 heavy (non-hydrogen) atoms. The van der Waals surface area contributed by atoms with Gasteiger partial charge in [0.1, 0.15) is 11.5 Å². The van der Waals surface area contributed by atoms with Crippen molar-refractivity contribution in [3.8, 4) is 17.4 Å². The first kappa shape index (κ1) is 13.1. The van der Waals surface area contributed by atoms with Crippen molar-refractivity contribution in [1.82, 2.24) is 9.97 Å². The lowest BCUT2D eigenvalue weighted by Crippen LogP contribution is -2.04. The molecule has 0 aliphatic heterocycles. The maximum atomic E-state index is 13.6. The number of nitrogens with zero attached hydrogens (tertiary/aromatic N) is 2. The molecule has 5 nitrogen and oxygen atoms in total. The van der Waals surface area contributed by atoms with E-state index in [1.54, 1.807) is 31.4 Å². The molecule has 2 rings (SSSR count). The Morgan fingerprint density at radius 1 is 1.32 bits per heavy atom. The molecule has 6 heteroatoms. The van der Waals surface area contributed by atoms with Gasteiger partial charge in [-0.05, 0) is 19.1 Å². The molecule has 0 atom stereocenters. The number of ether oxygens (including phenoxy) is 2. The zero-order chi connectivity index (χ0) is 13.7. The highest BCUT2D eigenvalue weighted by atomic mass is 19.1. The molecular formula is C13H14FN3O2. The summed E-state index contributed by atoms with van der Waals surface area (Å²) < 4.78 is 24.0. The Morgan fingerprint density at radius 3 is 2.84 bits per heavy atom. The van der Waals surface area contributed by atoms with Crippen LogP contribution in [0.5, 0.6) is 17.4 Å². The molecule has 1 aromatic carbocycles. The number of methoxy groups -OCH3 is 1. The minimum Gasteiger partial charge on any atom is -0.497 e. The van der Waals surface area contributed by atoms with Crippen molar-refractivity contribution < 1.29 is 13.9 Å². The Morgan fingerprint density at radius 2 is 2.11 bits per heavy atom. The first-order valence-electron chi connectivity index (χ1n) is 5.81. The molecule has 0 fully saturated rings. The summed E-state index contributed by atoms with van der Waals surface area (Å²) in [4.78, 5) is 7.75. The van der Waals surface area contributed by atoms with E-state index in [1.807, 2.05) is 6.92 Å². The third kappa shape index (κ3) is 3.31. The largest absolute Gasteiger partial charge is 0.497 e. The van der Waals surface area contributed by atoms with Crippen molar-refractivity contribution in [1.29, 1.82) is 0 Å². The molecule has 0 saturated carbocycles. The lowest BCUT2D eigenvalue weighted by molar-refractivity contribution is 0.399. The minimum atomic E-state index is -0.621. The van der Waals surface area contributed by atoms with Crippen LogP contribution in [0, 0.1) is 5.82 Å². The summed E-state index contributed by atoms with van der Waals surface area (Å²) >= 11 is 0. The first-order chi connectivity index (χ1) is 9.22. The number of nitrogens with one attached hydrogen (secondary N) is 1. The maximum Gasteiger partial charge on any atom is 0.260 e. The Balaban J connectivity index is 2.23. The lowest BCUT2D eigenvalue weighted by atomic mass is 10.3. The summed E-state index contributed by atoms with van der Waals surface area (Å²) in [5.74, 6) is 0.642. The average molecular weight is 263 g/mol. The van der Waals surface area contributed by atoms with E-state index in [2.05, 4.69) is 15.3 Å². The molecule has 1 heterocycles. The molecule has 100 valence electrons. The lowest BCUT2D eigenvalue weighted by Gasteiger charge is -2.08. The van der Waals surface area contributed by atoms with Crippen LogP contribution in [0.4, 0.5) is 10.3 Å². The molecular weight excluding hydrogens is 249 g/mol. The molecule has 0 spiro atoms. The van der Waals surface area contributed by atoms with Crippen LogP contribution in [0.3, 0.4) is 0 Å². The fourth-order valence-electron chi connectivity index (χ4n) is 1.44. The van der Waals surface area contributed by atoms with Crippen LogP contribution in [-0.4, -0.2) is 23.6 Å². The fraction of sp³-hybridized carbons (Fsp3) is 0.231. The molecule has 0 aliphatic rings. The molecule has 0 unspecified atom stereocenters. The second-order valence-electron chi connectivity index (χ2n) is 3.66. The Bertz CT molecular complexity index is 563. The van der Waals surface area contributed by atoms with Crippen LogP contribution in [0.1, 0.15) is 6.92 Å². The van der Waals surface area contributed by atoms with Gasteiger partial charge < -0.3 is 14.8 Å². The number of rotatable bonds is 5. The Kier molecular flexibility index (Phi) is 4.12. The fourth-order valence-corrected chi connectivity index (χ4v) is 1.44. The van der Waals surface area contributed by atoms with Crippen LogP contribution in [0.25, 0.3) is 0 Å². The van der Waals surface area contributed by atoms with Gasteiger partial charge in [0.25, 0.3) is 5.88 Å². The molecule has 0 amide bonds. The smallest absolute Gasteiger partial charge is 0.260 e. The topological polar surface area (TPSA) is 56.3 Å². The second-order valence-corrected chi connectivity index (χ2v) is 3.66. The molecule has 2 aromatic rings. The third-order valence-electron chi connectivity index (χ3n) is 2.30. The SMILES string of the molecule is CCNc1ncc(F)c(Oc2cccc(OC)c2)n1. The van der Waals surface area contributed by atoms with E-state index in [1.165, 1.54) is 0 Å². The molecule has 0 aliphatic carbocycles. The summed E-state index contributed by atoms with van der Waals surface area (Å²) in [6.07, 6.45) is 1.07. The number of hydrogen-bond donors (Lipinski definition) is 1. The molecule has 0 saturated heterocycles. The molecule has 0 radical (unpaired) electrons. The van der Waals surface area contributed by atoms with Gasteiger partial charge >= 0.3 is 0 Å². The highest BCUT2D eigenvalue weighted by molar-refractivity contribution is 5.36. The van der Waals surface area contributed by atoms with Gasteiger partial charge in [-0.15, -0.1) is 0 Å². The number of hydrogen-bond acceptors (Lipinski definition) is 5. The Labute approximate surface area is 110 Å². The van der Waals surface area contributed by atoms with Gasteiger partial charge in [-0.25, -0.2) is 4.98 Å². The van der Waals surface area contributed by atoms with E-state index in [9.17, 15) is 4.39 Å². The average Bonchev–Trinajstić information content (AvgIpc) is 2.43. The quantitative estimate of drug-likeness (QED) is 0.898. The first-order valence-corrected chi connectivity index (χ1v) is 5.81. The highest BCUT2D eigenvalue weighted by Gasteiger charge is 2.09. The minimum absolute atomic E-state index is 0.126. The monoisotopic (exact) mass is 263 g/mol. The zero-order valence-electron chi connectivity index (χ0n) is 10.7. The Hall–Kier alpha value is -2.37.